The summed E-state index contributed by atoms with van der Waals surface area (Å²) in [7, 11) is 0.164. The van der Waals surface area contributed by atoms with Crippen LogP contribution in [0.5, 0.6) is 0 Å². The predicted octanol–water partition coefficient (Wildman–Crippen LogP) is 1.54. The minimum absolute atomic E-state index is 0.359. The summed E-state index contributed by atoms with van der Waals surface area (Å²) in [4.78, 5) is 3.35. The van der Waals surface area contributed by atoms with Crippen LogP contribution >= 0.6 is 0 Å². The van der Waals surface area contributed by atoms with Crippen molar-refractivity contribution in [2.75, 3.05) is 20.6 Å². The fourth-order valence-electron chi connectivity index (χ4n) is 2.69. The summed E-state index contributed by atoms with van der Waals surface area (Å²) in [5.74, 6) is 0.524. The van der Waals surface area contributed by atoms with Gasteiger partial charge in [0.25, 0.3) is 0 Å². The standard InChI is InChI=1S/C13H23N3O2S/c1-14-8-12-7-13(9-15-12)19(17,18)16(2)10-11-5-3-4-6-11/h7,9,11,14-15H,3-6,8,10H2,1-2H3. The molecule has 0 amide bonds. The van der Waals surface area contributed by atoms with Crippen molar-refractivity contribution in [3.63, 3.8) is 0 Å². The number of hydrogen-bond donors (Lipinski definition) is 2. The summed E-state index contributed by atoms with van der Waals surface area (Å²) < 4.78 is 26.3. The van der Waals surface area contributed by atoms with Crippen molar-refractivity contribution in [1.82, 2.24) is 14.6 Å². The minimum Gasteiger partial charge on any atom is -0.363 e. The van der Waals surface area contributed by atoms with Gasteiger partial charge in [0, 0.05) is 32.0 Å². The minimum atomic E-state index is -3.35. The van der Waals surface area contributed by atoms with Gasteiger partial charge in [-0.05, 0) is 31.9 Å². The van der Waals surface area contributed by atoms with Crippen molar-refractivity contribution in [2.45, 2.75) is 37.1 Å². The zero-order valence-electron chi connectivity index (χ0n) is 11.6. The summed E-state index contributed by atoms with van der Waals surface area (Å²) in [6, 6.07) is 1.71. The van der Waals surface area contributed by atoms with Gasteiger partial charge < -0.3 is 10.3 Å². The third-order valence-electron chi connectivity index (χ3n) is 3.78. The van der Waals surface area contributed by atoms with Gasteiger partial charge in [-0.3, -0.25) is 0 Å². The van der Waals surface area contributed by atoms with Gasteiger partial charge >= 0.3 is 0 Å². The Morgan fingerprint density at radius 1 is 1.42 bits per heavy atom. The van der Waals surface area contributed by atoms with Gasteiger partial charge in [-0.15, -0.1) is 0 Å². The Labute approximate surface area is 115 Å². The molecule has 1 aliphatic rings. The zero-order chi connectivity index (χ0) is 13.9. The van der Waals surface area contributed by atoms with Crippen molar-refractivity contribution >= 4 is 10.0 Å². The van der Waals surface area contributed by atoms with E-state index in [9.17, 15) is 8.42 Å². The molecule has 0 aromatic carbocycles. The molecule has 0 bridgehead atoms. The van der Waals surface area contributed by atoms with Crippen LogP contribution in [0.25, 0.3) is 0 Å². The first kappa shape index (κ1) is 14.6. The summed E-state index contributed by atoms with van der Waals surface area (Å²) in [5, 5.41) is 3.00. The van der Waals surface area contributed by atoms with E-state index < -0.39 is 10.0 Å². The average molecular weight is 285 g/mol. The van der Waals surface area contributed by atoms with Gasteiger partial charge in [0.2, 0.25) is 10.0 Å². The highest BCUT2D eigenvalue weighted by molar-refractivity contribution is 7.89. The molecule has 1 heterocycles. The molecule has 0 atom stereocenters. The van der Waals surface area contributed by atoms with E-state index in [-0.39, 0.29) is 0 Å². The average Bonchev–Trinajstić information content (AvgIpc) is 3.00. The second-order valence-corrected chi connectivity index (χ2v) is 7.37. The maximum atomic E-state index is 12.4. The molecule has 19 heavy (non-hydrogen) atoms. The van der Waals surface area contributed by atoms with Crippen molar-refractivity contribution in [3.8, 4) is 0 Å². The molecule has 108 valence electrons. The molecular formula is C13H23N3O2S. The second-order valence-electron chi connectivity index (χ2n) is 5.33. The van der Waals surface area contributed by atoms with Gasteiger partial charge in [0.15, 0.2) is 0 Å². The molecule has 0 aliphatic heterocycles. The largest absolute Gasteiger partial charge is 0.363 e. The maximum absolute atomic E-state index is 12.4. The SMILES string of the molecule is CNCc1cc(S(=O)(=O)N(C)CC2CCCC2)c[nH]1. The van der Waals surface area contributed by atoms with Crippen LogP contribution < -0.4 is 5.32 Å². The van der Waals surface area contributed by atoms with Crippen LogP contribution in [0.4, 0.5) is 0 Å². The molecule has 0 radical (unpaired) electrons. The van der Waals surface area contributed by atoms with E-state index >= 15 is 0 Å². The molecule has 1 saturated carbocycles. The van der Waals surface area contributed by atoms with Gasteiger partial charge in [0.1, 0.15) is 0 Å². The second kappa shape index (κ2) is 6.07. The molecule has 2 N–H and O–H groups in total. The number of nitrogens with one attached hydrogen (secondary N) is 2. The van der Waals surface area contributed by atoms with Gasteiger partial charge in [-0.1, -0.05) is 12.8 Å². The highest BCUT2D eigenvalue weighted by atomic mass is 32.2. The molecule has 6 heteroatoms. The Balaban J connectivity index is 2.06. The fraction of sp³-hybridized carbons (Fsp3) is 0.692. The third kappa shape index (κ3) is 3.38. The third-order valence-corrected chi connectivity index (χ3v) is 5.58. The van der Waals surface area contributed by atoms with Crippen LogP contribution in [0.15, 0.2) is 17.2 Å². The van der Waals surface area contributed by atoms with Crippen LogP contribution in [0.1, 0.15) is 31.4 Å². The lowest BCUT2D eigenvalue weighted by atomic mass is 10.1. The molecule has 1 fully saturated rings. The Kier molecular flexibility index (Phi) is 4.65. The molecule has 1 aromatic rings. The number of nitrogens with zero attached hydrogens (tertiary/aromatic N) is 1. The van der Waals surface area contributed by atoms with Crippen molar-refractivity contribution in [2.24, 2.45) is 5.92 Å². The van der Waals surface area contributed by atoms with E-state index in [2.05, 4.69) is 10.3 Å². The first-order chi connectivity index (χ1) is 9.04. The number of hydrogen-bond acceptors (Lipinski definition) is 3. The number of sulfonamides is 1. The summed E-state index contributed by atoms with van der Waals surface area (Å²) in [6.45, 7) is 1.27. The Hall–Kier alpha value is -0.850. The highest BCUT2D eigenvalue weighted by Gasteiger charge is 2.26. The number of rotatable bonds is 6. The van der Waals surface area contributed by atoms with E-state index in [4.69, 9.17) is 0 Å². The normalized spacial score (nSPS) is 17.4. The molecule has 1 aliphatic carbocycles. The molecule has 0 saturated heterocycles. The number of aromatic amines is 1. The zero-order valence-corrected chi connectivity index (χ0v) is 12.5. The molecular weight excluding hydrogens is 262 g/mol. The van der Waals surface area contributed by atoms with Gasteiger partial charge in [-0.25, -0.2) is 12.7 Å². The van der Waals surface area contributed by atoms with Crippen molar-refractivity contribution in [1.29, 1.82) is 0 Å². The molecule has 0 spiro atoms. The Morgan fingerprint density at radius 3 is 2.74 bits per heavy atom. The van der Waals surface area contributed by atoms with Gasteiger partial charge in [0.05, 0.1) is 4.90 Å². The van der Waals surface area contributed by atoms with Crippen molar-refractivity contribution in [3.05, 3.63) is 18.0 Å². The molecule has 0 unspecified atom stereocenters. The van der Waals surface area contributed by atoms with Crippen LogP contribution in [-0.4, -0.2) is 38.3 Å². The quantitative estimate of drug-likeness (QED) is 0.833. The van der Waals surface area contributed by atoms with E-state index in [1.54, 1.807) is 19.3 Å². The summed E-state index contributed by atoms with van der Waals surface area (Å²) in [5.41, 5.74) is 0.885. The van der Waals surface area contributed by atoms with Crippen LogP contribution in [0, 0.1) is 5.92 Å². The van der Waals surface area contributed by atoms with E-state index in [1.165, 1.54) is 17.1 Å². The summed E-state index contributed by atoms with van der Waals surface area (Å²) in [6.07, 6.45) is 6.34. The first-order valence-electron chi connectivity index (χ1n) is 6.82. The van der Waals surface area contributed by atoms with Crippen LogP contribution in [0.3, 0.4) is 0 Å². The van der Waals surface area contributed by atoms with Crippen LogP contribution in [0.2, 0.25) is 0 Å². The van der Waals surface area contributed by atoms with E-state index in [1.807, 2.05) is 7.05 Å². The Morgan fingerprint density at radius 2 is 2.11 bits per heavy atom. The number of aromatic nitrogens is 1. The lowest BCUT2D eigenvalue weighted by Crippen LogP contribution is -2.31. The topological polar surface area (TPSA) is 65.2 Å². The lowest BCUT2D eigenvalue weighted by molar-refractivity contribution is 0.387. The van der Waals surface area contributed by atoms with Gasteiger partial charge in [-0.2, -0.15) is 0 Å². The van der Waals surface area contributed by atoms with Crippen LogP contribution in [-0.2, 0) is 16.6 Å². The lowest BCUT2D eigenvalue weighted by Gasteiger charge is -2.19. The van der Waals surface area contributed by atoms with Crippen molar-refractivity contribution < 1.29 is 8.42 Å². The fourth-order valence-corrected chi connectivity index (χ4v) is 3.96. The molecule has 1 aromatic heterocycles. The monoisotopic (exact) mass is 285 g/mol. The number of H-pyrrole nitrogens is 1. The van der Waals surface area contributed by atoms with E-state index in [0.29, 0.717) is 23.9 Å². The highest BCUT2D eigenvalue weighted by Crippen LogP contribution is 2.27. The molecule has 2 rings (SSSR count). The van der Waals surface area contributed by atoms with E-state index in [0.717, 1.165) is 18.5 Å². The first-order valence-corrected chi connectivity index (χ1v) is 8.26. The Bertz CT molecular complexity index is 504. The summed E-state index contributed by atoms with van der Waals surface area (Å²) >= 11 is 0. The smallest absolute Gasteiger partial charge is 0.244 e. The maximum Gasteiger partial charge on any atom is 0.244 e. The predicted molar refractivity (Wildman–Crippen MR) is 75.3 cm³/mol. The molecule has 5 nitrogen and oxygen atoms in total.